The Morgan fingerprint density at radius 2 is 1.62 bits per heavy atom. The number of carbonyl (C=O) groups excluding carboxylic acids is 1. The summed E-state index contributed by atoms with van der Waals surface area (Å²) >= 11 is 0. The molecular weight excluding hydrogens is 258 g/mol. The van der Waals surface area contributed by atoms with E-state index in [2.05, 4.69) is 18.0 Å². The van der Waals surface area contributed by atoms with Crippen molar-refractivity contribution in [2.24, 2.45) is 0 Å². The van der Waals surface area contributed by atoms with E-state index in [0.717, 1.165) is 22.4 Å². The van der Waals surface area contributed by atoms with Crippen LogP contribution in [0.3, 0.4) is 0 Å². The van der Waals surface area contributed by atoms with Gasteiger partial charge in [-0.3, -0.25) is 4.79 Å². The van der Waals surface area contributed by atoms with Gasteiger partial charge in [0.2, 0.25) is 0 Å². The molecule has 0 radical (unpaired) electrons. The molecule has 106 valence electrons. The van der Waals surface area contributed by atoms with E-state index in [1.807, 2.05) is 56.3 Å². The van der Waals surface area contributed by atoms with Crippen LogP contribution in [0.4, 0.5) is 5.69 Å². The van der Waals surface area contributed by atoms with Crippen molar-refractivity contribution in [2.75, 3.05) is 5.32 Å². The molecule has 2 nitrogen and oxygen atoms in total. The SMILES string of the molecule is C=C(C)/C(C)=C/c1ccc(NC(=O)c2ccccc2)cc1. The monoisotopic (exact) mass is 277 g/mol. The standard InChI is InChI=1S/C19H19NO/c1-14(2)15(3)13-16-9-11-18(12-10-16)20-19(21)17-7-5-4-6-8-17/h4-13H,1H2,2-3H3,(H,20,21)/b15-13+. The summed E-state index contributed by atoms with van der Waals surface area (Å²) < 4.78 is 0. The average Bonchev–Trinajstić information content (AvgIpc) is 2.50. The van der Waals surface area contributed by atoms with Gasteiger partial charge in [-0.1, -0.05) is 48.6 Å². The molecule has 0 aliphatic carbocycles. The molecule has 0 heterocycles. The summed E-state index contributed by atoms with van der Waals surface area (Å²) in [6.45, 7) is 7.94. The number of nitrogens with one attached hydrogen (secondary N) is 1. The first-order valence-corrected chi connectivity index (χ1v) is 6.87. The fourth-order valence-electron chi connectivity index (χ4n) is 1.83. The molecule has 0 aliphatic rings. The van der Waals surface area contributed by atoms with Crippen molar-refractivity contribution in [3.05, 3.63) is 83.4 Å². The number of hydrogen-bond donors (Lipinski definition) is 1. The molecule has 21 heavy (non-hydrogen) atoms. The predicted octanol–water partition coefficient (Wildman–Crippen LogP) is 4.92. The Bertz CT molecular complexity index is 666. The van der Waals surface area contributed by atoms with E-state index >= 15 is 0 Å². The van der Waals surface area contributed by atoms with Crippen LogP contribution in [0.5, 0.6) is 0 Å². The van der Waals surface area contributed by atoms with Gasteiger partial charge >= 0.3 is 0 Å². The van der Waals surface area contributed by atoms with Crippen molar-refractivity contribution in [3.63, 3.8) is 0 Å². The van der Waals surface area contributed by atoms with Gasteiger partial charge in [0.05, 0.1) is 0 Å². The van der Waals surface area contributed by atoms with Gasteiger partial charge in [-0.05, 0) is 49.2 Å². The van der Waals surface area contributed by atoms with Crippen molar-refractivity contribution in [1.82, 2.24) is 0 Å². The Morgan fingerprint density at radius 1 is 1.00 bits per heavy atom. The number of anilines is 1. The van der Waals surface area contributed by atoms with Crippen molar-refractivity contribution in [3.8, 4) is 0 Å². The molecule has 2 heteroatoms. The van der Waals surface area contributed by atoms with Gasteiger partial charge < -0.3 is 5.32 Å². The average molecular weight is 277 g/mol. The Hall–Kier alpha value is -2.61. The maximum atomic E-state index is 12.0. The summed E-state index contributed by atoms with van der Waals surface area (Å²) in [5.41, 5.74) is 4.73. The summed E-state index contributed by atoms with van der Waals surface area (Å²) in [7, 11) is 0. The molecule has 2 rings (SSSR count). The highest BCUT2D eigenvalue weighted by Gasteiger charge is 2.04. The van der Waals surface area contributed by atoms with Gasteiger partial charge in [-0.25, -0.2) is 0 Å². The first-order valence-electron chi connectivity index (χ1n) is 6.87. The first kappa shape index (κ1) is 14.8. The summed E-state index contributed by atoms with van der Waals surface area (Å²) in [6.07, 6.45) is 2.07. The number of carbonyl (C=O) groups is 1. The molecular formula is C19H19NO. The Morgan fingerprint density at radius 3 is 2.19 bits per heavy atom. The number of allylic oxidation sites excluding steroid dienone is 2. The van der Waals surface area contributed by atoms with Crippen molar-refractivity contribution < 1.29 is 4.79 Å². The van der Waals surface area contributed by atoms with Gasteiger partial charge in [-0.15, -0.1) is 0 Å². The van der Waals surface area contributed by atoms with Crippen LogP contribution in [0, 0.1) is 0 Å². The lowest BCUT2D eigenvalue weighted by molar-refractivity contribution is 0.102. The van der Waals surface area contributed by atoms with Crippen LogP contribution in [0.25, 0.3) is 6.08 Å². The summed E-state index contributed by atoms with van der Waals surface area (Å²) in [5.74, 6) is -0.1000. The van der Waals surface area contributed by atoms with E-state index in [1.54, 1.807) is 12.1 Å². The van der Waals surface area contributed by atoms with E-state index in [0.29, 0.717) is 5.56 Å². The lowest BCUT2D eigenvalue weighted by Gasteiger charge is -2.06. The van der Waals surface area contributed by atoms with Crippen molar-refractivity contribution in [1.29, 1.82) is 0 Å². The molecule has 2 aromatic rings. The number of benzene rings is 2. The van der Waals surface area contributed by atoms with Gasteiger partial charge in [0.1, 0.15) is 0 Å². The Labute approximate surface area is 125 Å². The molecule has 2 aromatic carbocycles. The second kappa shape index (κ2) is 6.71. The normalized spacial score (nSPS) is 11.0. The second-order valence-corrected chi connectivity index (χ2v) is 5.05. The minimum Gasteiger partial charge on any atom is -0.322 e. The zero-order valence-electron chi connectivity index (χ0n) is 12.4. The summed E-state index contributed by atoms with van der Waals surface area (Å²) in [6, 6.07) is 16.9. The van der Waals surface area contributed by atoms with Crippen LogP contribution in [-0.2, 0) is 0 Å². The van der Waals surface area contributed by atoms with Crippen LogP contribution in [0.2, 0.25) is 0 Å². The molecule has 0 bridgehead atoms. The van der Waals surface area contributed by atoms with Gasteiger partial charge in [-0.2, -0.15) is 0 Å². The lowest BCUT2D eigenvalue weighted by Crippen LogP contribution is -2.11. The molecule has 1 N–H and O–H groups in total. The first-order chi connectivity index (χ1) is 10.1. The molecule has 0 spiro atoms. The van der Waals surface area contributed by atoms with Crippen molar-refractivity contribution in [2.45, 2.75) is 13.8 Å². The van der Waals surface area contributed by atoms with E-state index in [1.165, 1.54) is 0 Å². The zero-order valence-corrected chi connectivity index (χ0v) is 12.4. The van der Waals surface area contributed by atoms with Crippen LogP contribution < -0.4 is 5.32 Å². The molecule has 0 aliphatic heterocycles. The van der Waals surface area contributed by atoms with E-state index in [9.17, 15) is 4.79 Å². The van der Waals surface area contributed by atoms with Gasteiger partial charge in [0.15, 0.2) is 0 Å². The van der Waals surface area contributed by atoms with Crippen molar-refractivity contribution >= 4 is 17.7 Å². The largest absolute Gasteiger partial charge is 0.322 e. The Kier molecular flexibility index (Phi) is 4.72. The molecule has 1 amide bonds. The smallest absolute Gasteiger partial charge is 0.255 e. The maximum Gasteiger partial charge on any atom is 0.255 e. The number of hydrogen-bond acceptors (Lipinski definition) is 1. The fraction of sp³-hybridized carbons (Fsp3) is 0.105. The summed E-state index contributed by atoms with van der Waals surface area (Å²) in [5, 5.41) is 2.88. The maximum absolute atomic E-state index is 12.0. The quantitative estimate of drug-likeness (QED) is 0.790. The van der Waals surface area contributed by atoms with Crippen LogP contribution in [0.1, 0.15) is 29.8 Å². The third-order valence-corrected chi connectivity index (χ3v) is 3.26. The molecule has 0 saturated carbocycles. The van der Waals surface area contributed by atoms with Gasteiger partial charge in [0.25, 0.3) is 5.91 Å². The number of rotatable bonds is 4. The highest BCUT2D eigenvalue weighted by Crippen LogP contribution is 2.16. The molecule has 0 unspecified atom stereocenters. The minimum atomic E-state index is -0.1000. The van der Waals surface area contributed by atoms with E-state index in [4.69, 9.17) is 0 Å². The third-order valence-electron chi connectivity index (χ3n) is 3.26. The highest BCUT2D eigenvalue weighted by atomic mass is 16.1. The molecule has 0 fully saturated rings. The highest BCUT2D eigenvalue weighted by molar-refractivity contribution is 6.04. The third kappa shape index (κ3) is 4.18. The molecule has 0 saturated heterocycles. The lowest BCUT2D eigenvalue weighted by atomic mass is 10.1. The zero-order chi connectivity index (χ0) is 15.2. The van der Waals surface area contributed by atoms with E-state index < -0.39 is 0 Å². The Balaban J connectivity index is 2.08. The molecule has 0 atom stereocenters. The second-order valence-electron chi connectivity index (χ2n) is 5.05. The van der Waals surface area contributed by atoms with Gasteiger partial charge in [0, 0.05) is 11.3 Å². The predicted molar refractivity (Wildman–Crippen MR) is 89.3 cm³/mol. The van der Waals surface area contributed by atoms with E-state index in [-0.39, 0.29) is 5.91 Å². The topological polar surface area (TPSA) is 29.1 Å². The number of amides is 1. The van der Waals surface area contributed by atoms with Crippen LogP contribution >= 0.6 is 0 Å². The van der Waals surface area contributed by atoms with Crippen LogP contribution in [-0.4, -0.2) is 5.91 Å². The van der Waals surface area contributed by atoms with Crippen LogP contribution in [0.15, 0.2) is 72.3 Å². The molecule has 0 aromatic heterocycles. The summed E-state index contributed by atoms with van der Waals surface area (Å²) in [4.78, 5) is 12.0. The minimum absolute atomic E-state index is 0.1000. The fourth-order valence-corrected chi connectivity index (χ4v) is 1.83.